The van der Waals surface area contributed by atoms with Crippen molar-refractivity contribution in [3.8, 4) is 0 Å². The summed E-state index contributed by atoms with van der Waals surface area (Å²) < 4.78 is 13.4. The predicted molar refractivity (Wildman–Crippen MR) is 80.2 cm³/mol. The normalized spacial score (nSPS) is 18.1. The molecule has 1 atom stereocenters. The maximum atomic E-state index is 13.4. The Labute approximate surface area is 121 Å². The van der Waals surface area contributed by atoms with Crippen molar-refractivity contribution in [1.82, 2.24) is 0 Å². The minimum atomic E-state index is -0.131. The van der Waals surface area contributed by atoms with Crippen molar-refractivity contribution in [3.63, 3.8) is 0 Å². The highest BCUT2D eigenvalue weighted by Gasteiger charge is 2.50. The quantitative estimate of drug-likeness (QED) is 0.673. The van der Waals surface area contributed by atoms with E-state index in [1.54, 1.807) is 6.07 Å². The second kappa shape index (κ2) is 4.75. The number of benzene rings is 2. The van der Waals surface area contributed by atoms with Gasteiger partial charge < -0.3 is 0 Å². The molecule has 2 heteroatoms. The van der Waals surface area contributed by atoms with E-state index in [0.29, 0.717) is 5.56 Å². The van der Waals surface area contributed by atoms with Crippen LogP contribution >= 0.6 is 15.9 Å². The molecule has 0 aromatic heterocycles. The molecule has 0 radical (unpaired) electrons. The Balaban J connectivity index is 1.96. The van der Waals surface area contributed by atoms with Gasteiger partial charge in [-0.2, -0.15) is 0 Å². The average Bonchev–Trinajstić information content (AvgIpc) is 3.24. The lowest BCUT2D eigenvalue weighted by molar-refractivity contribution is 0.614. The van der Waals surface area contributed by atoms with Gasteiger partial charge in [0.2, 0.25) is 0 Å². The van der Waals surface area contributed by atoms with Crippen LogP contribution in [-0.4, -0.2) is 0 Å². The zero-order valence-electron chi connectivity index (χ0n) is 10.9. The third-order valence-electron chi connectivity index (χ3n) is 4.10. The summed E-state index contributed by atoms with van der Waals surface area (Å²) in [4.78, 5) is 0.252. The van der Waals surface area contributed by atoms with Gasteiger partial charge in [-0.3, -0.25) is 0 Å². The van der Waals surface area contributed by atoms with Crippen LogP contribution in [-0.2, 0) is 5.41 Å². The summed E-state index contributed by atoms with van der Waals surface area (Å²) in [6.45, 7) is 1.82. The summed E-state index contributed by atoms with van der Waals surface area (Å²) in [6, 6.07) is 16.0. The largest absolute Gasteiger partial charge is 0.207 e. The molecule has 0 nitrogen and oxygen atoms in total. The van der Waals surface area contributed by atoms with Gasteiger partial charge in [-0.1, -0.05) is 58.4 Å². The molecule has 19 heavy (non-hydrogen) atoms. The fourth-order valence-corrected chi connectivity index (χ4v) is 3.74. The maximum absolute atomic E-state index is 13.4. The number of aryl methyl sites for hydroxylation is 1. The molecule has 1 aliphatic rings. The van der Waals surface area contributed by atoms with Crippen molar-refractivity contribution in [3.05, 3.63) is 71.0 Å². The Morgan fingerprint density at radius 1 is 1.11 bits per heavy atom. The first-order valence-electron chi connectivity index (χ1n) is 6.59. The van der Waals surface area contributed by atoms with Gasteiger partial charge in [0.25, 0.3) is 0 Å². The van der Waals surface area contributed by atoms with Crippen LogP contribution < -0.4 is 0 Å². The minimum absolute atomic E-state index is 0.131. The number of rotatable bonds is 3. The van der Waals surface area contributed by atoms with Crippen molar-refractivity contribution in [2.24, 2.45) is 0 Å². The lowest BCUT2D eigenvalue weighted by Crippen LogP contribution is -2.13. The summed E-state index contributed by atoms with van der Waals surface area (Å²) in [6.07, 6.45) is 2.37. The van der Waals surface area contributed by atoms with E-state index in [-0.39, 0.29) is 16.1 Å². The molecular formula is C17H16BrF. The molecule has 0 bridgehead atoms. The van der Waals surface area contributed by atoms with Crippen molar-refractivity contribution in [1.29, 1.82) is 0 Å². The number of alkyl halides is 1. The first kappa shape index (κ1) is 12.9. The SMILES string of the molecule is Cc1cc(C(Br)C2(c3ccccc3)CC2)ccc1F. The molecule has 1 aliphatic carbocycles. The molecule has 0 spiro atoms. The number of halogens is 2. The third kappa shape index (κ3) is 2.23. The van der Waals surface area contributed by atoms with Gasteiger partial charge in [-0.05, 0) is 42.5 Å². The van der Waals surface area contributed by atoms with Crippen LogP contribution in [0.25, 0.3) is 0 Å². The Hall–Kier alpha value is -1.15. The van der Waals surface area contributed by atoms with E-state index in [1.165, 1.54) is 24.0 Å². The van der Waals surface area contributed by atoms with Gasteiger partial charge in [-0.25, -0.2) is 4.39 Å². The molecule has 1 unspecified atom stereocenters. The maximum Gasteiger partial charge on any atom is 0.126 e. The first-order chi connectivity index (χ1) is 9.13. The van der Waals surface area contributed by atoms with E-state index in [9.17, 15) is 4.39 Å². The zero-order valence-corrected chi connectivity index (χ0v) is 12.5. The van der Waals surface area contributed by atoms with Crippen molar-refractivity contribution >= 4 is 15.9 Å². The topological polar surface area (TPSA) is 0 Å². The van der Waals surface area contributed by atoms with Gasteiger partial charge >= 0.3 is 0 Å². The van der Waals surface area contributed by atoms with Gasteiger partial charge in [0, 0.05) is 10.2 Å². The highest BCUT2D eigenvalue weighted by atomic mass is 79.9. The molecule has 0 heterocycles. The smallest absolute Gasteiger partial charge is 0.126 e. The monoisotopic (exact) mass is 318 g/mol. The molecule has 0 saturated heterocycles. The summed E-state index contributed by atoms with van der Waals surface area (Å²) in [5.41, 5.74) is 3.44. The van der Waals surface area contributed by atoms with Gasteiger partial charge in [0.05, 0.1) is 0 Å². The zero-order chi connectivity index (χ0) is 13.5. The summed E-state index contributed by atoms with van der Waals surface area (Å²) in [5, 5.41) is 0. The Morgan fingerprint density at radius 2 is 1.79 bits per heavy atom. The van der Waals surface area contributed by atoms with E-state index in [1.807, 2.05) is 25.1 Å². The molecule has 0 N–H and O–H groups in total. The lowest BCUT2D eigenvalue weighted by Gasteiger charge is -2.23. The van der Waals surface area contributed by atoms with Crippen LogP contribution in [0.1, 0.15) is 34.4 Å². The highest BCUT2D eigenvalue weighted by Crippen LogP contribution is 2.60. The average molecular weight is 319 g/mol. The van der Waals surface area contributed by atoms with Crippen LogP contribution in [0.15, 0.2) is 48.5 Å². The molecule has 98 valence electrons. The summed E-state index contributed by atoms with van der Waals surface area (Å²) in [5.74, 6) is -0.131. The van der Waals surface area contributed by atoms with E-state index in [0.717, 1.165) is 0 Å². The van der Waals surface area contributed by atoms with E-state index >= 15 is 0 Å². The van der Waals surface area contributed by atoms with Crippen molar-refractivity contribution in [2.45, 2.75) is 30.0 Å². The highest BCUT2D eigenvalue weighted by molar-refractivity contribution is 9.09. The van der Waals surface area contributed by atoms with E-state index in [2.05, 4.69) is 40.2 Å². The van der Waals surface area contributed by atoms with Crippen LogP contribution in [0.3, 0.4) is 0 Å². The van der Waals surface area contributed by atoms with Gasteiger partial charge in [0.15, 0.2) is 0 Å². The molecule has 1 saturated carbocycles. The molecular weight excluding hydrogens is 303 g/mol. The molecule has 3 rings (SSSR count). The summed E-state index contributed by atoms with van der Waals surface area (Å²) >= 11 is 3.84. The molecule has 0 aliphatic heterocycles. The fraction of sp³-hybridized carbons (Fsp3) is 0.294. The third-order valence-corrected chi connectivity index (χ3v) is 5.50. The number of hydrogen-bond acceptors (Lipinski definition) is 0. The van der Waals surface area contributed by atoms with Gasteiger partial charge in [0.1, 0.15) is 5.82 Å². The van der Waals surface area contributed by atoms with Crippen LogP contribution in [0, 0.1) is 12.7 Å². The molecule has 1 fully saturated rings. The van der Waals surface area contributed by atoms with Gasteiger partial charge in [-0.15, -0.1) is 0 Å². The van der Waals surface area contributed by atoms with E-state index in [4.69, 9.17) is 0 Å². The molecule has 0 amide bonds. The van der Waals surface area contributed by atoms with Crippen molar-refractivity contribution < 1.29 is 4.39 Å². The predicted octanol–water partition coefficient (Wildman–Crippen LogP) is 5.30. The standard InChI is InChI=1S/C17H16BrF/c1-12-11-13(7-8-15(12)19)16(18)17(9-10-17)14-5-3-2-4-6-14/h2-8,11,16H,9-10H2,1H3. The Bertz CT molecular complexity index is 587. The lowest BCUT2D eigenvalue weighted by atomic mass is 9.88. The Kier molecular flexibility index (Phi) is 3.22. The van der Waals surface area contributed by atoms with E-state index < -0.39 is 0 Å². The van der Waals surface area contributed by atoms with Crippen LogP contribution in [0.2, 0.25) is 0 Å². The second-order valence-electron chi connectivity index (χ2n) is 5.39. The number of hydrogen-bond donors (Lipinski definition) is 0. The fourth-order valence-electron chi connectivity index (χ4n) is 2.74. The van der Waals surface area contributed by atoms with Crippen LogP contribution in [0.4, 0.5) is 4.39 Å². The van der Waals surface area contributed by atoms with Crippen LogP contribution in [0.5, 0.6) is 0 Å². The Morgan fingerprint density at radius 3 is 2.37 bits per heavy atom. The van der Waals surface area contributed by atoms with Crippen molar-refractivity contribution in [2.75, 3.05) is 0 Å². The minimum Gasteiger partial charge on any atom is -0.207 e. The molecule has 2 aromatic rings. The molecule has 2 aromatic carbocycles. The first-order valence-corrected chi connectivity index (χ1v) is 7.51. The summed E-state index contributed by atoms with van der Waals surface area (Å²) in [7, 11) is 0. The second-order valence-corrected chi connectivity index (χ2v) is 6.31.